The fourth-order valence-electron chi connectivity index (χ4n) is 5.27. The summed E-state index contributed by atoms with van der Waals surface area (Å²) < 4.78 is 67.1. The van der Waals surface area contributed by atoms with Gasteiger partial charge in [-0.2, -0.15) is 13.2 Å². The monoisotopic (exact) mass is 510 g/mol. The first-order valence-electron chi connectivity index (χ1n) is 11.3. The first-order valence-corrected chi connectivity index (χ1v) is 11.3. The lowest BCUT2D eigenvalue weighted by atomic mass is 9.96. The molecule has 4 heterocycles. The van der Waals surface area contributed by atoms with Gasteiger partial charge in [0.15, 0.2) is 5.82 Å². The van der Waals surface area contributed by atoms with Gasteiger partial charge < -0.3 is 10.0 Å². The number of piperidine rings is 1. The van der Waals surface area contributed by atoms with E-state index in [1.807, 2.05) is 4.90 Å². The van der Waals surface area contributed by atoms with Crippen molar-refractivity contribution in [3.8, 4) is 17.0 Å². The Hall–Kier alpha value is -3.35. The molecule has 1 N–H and O–H groups in total. The lowest BCUT2D eigenvalue weighted by Crippen LogP contribution is -2.50. The van der Waals surface area contributed by atoms with Crippen LogP contribution in [0.2, 0.25) is 0 Å². The fourth-order valence-corrected chi connectivity index (χ4v) is 5.27. The van der Waals surface area contributed by atoms with Crippen LogP contribution in [0.1, 0.15) is 19.3 Å². The number of hydrogen-bond donors (Lipinski definition) is 1. The molecule has 0 aliphatic carbocycles. The number of aromatic hydroxyl groups is 1. The number of halogens is 5. The highest BCUT2D eigenvalue weighted by Crippen LogP contribution is 2.46. The molecule has 2 fully saturated rings. The minimum atomic E-state index is -4.60. The molecule has 2 bridgehead atoms. The average Bonchev–Trinajstić information content (AvgIpc) is 2.92. The zero-order valence-corrected chi connectivity index (χ0v) is 19.4. The predicted molar refractivity (Wildman–Crippen MR) is 121 cm³/mol. The molecule has 3 aromatic rings. The average molecular weight is 510 g/mol. The fraction of sp³-hybridized carbons (Fsp3) is 0.478. The summed E-state index contributed by atoms with van der Waals surface area (Å²) in [6.45, 7) is -1.49. The third-order valence-corrected chi connectivity index (χ3v) is 7.23. The second-order valence-corrected chi connectivity index (χ2v) is 9.49. The Kier molecular flexibility index (Phi) is 5.65. The molecule has 0 radical (unpaired) electrons. The van der Waals surface area contributed by atoms with Crippen molar-refractivity contribution < 1.29 is 27.1 Å². The summed E-state index contributed by atoms with van der Waals surface area (Å²) in [7, 11) is 3.51. The number of hydrogen-bond acceptors (Lipinski definition) is 7. The van der Waals surface area contributed by atoms with Crippen molar-refractivity contribution in [2.45, 2.75) is 56.0 Å². The lowest BCUT2D eigenvalue weighted by Gasteiger charge is -2.40. The van der Waals surface area contributed by atoms with Crippen LogP contribution in [0.3, 0.4) is 0 Å². The minimum Gasteiger partial charge on any atom is -0.507 e. The highest BCUT2D eigenvalue weighted by molar-refractivity contribution is 5.86. The van der Waals surface area contributed by atoms with Crippen LogP contribution in [0, 0.1) is 0 Å². The molecule has 2 aliphatic heterocycles. The standard InChI is InChI=1S/C23H23F5N6O2/c1-32-13-5-12(6-19(32)22(24,25)9-13)33(2)20-4-3-16(30-31-20)14-7-17-15(8-18(14)35)21(36)34(11-29-17)10-23(26,27)28/h3-4,7-8,11-13,19,35H,5-6,9-10H2,1-2H3/t12-,13+,19+/m0/s1. The Morgan fingerprint density at radius 1 is 1.19 bits per heavy atom. The van der Waals surface area contributed by atoms with E-state index in [1.165, 1.54) is 6.07 Å². The summed E-state index contributed by atoms with van der Waals surface area (Å²) in [6, 6.07) is 4.49. The predicted octanol–water partition coefficient (Wildman–Crippen LogP) is 3.43. The highest BCUT2D eigenvalue weighted by Gasteiger charge is 2.56. The van der Waals surface area contributed by atoms with Crippen molar-refractivity contribution in [2.75, 3.05) is 19.0 Å². The molecular weight excluding hydrogens is 487 g/mol. The van der Waals surface area contributed by atoms with Crippen LogP contribution in [-0.4, -0.2) is 74.1 Å². The SMILES string of the molecule is CN(c1ccc(-c2cc3ncn(CC(F)(F)F)c(=O)c3cc2O)nn1)[C@H]1C[C@@H]2CC(F)(F)[C@@H](C1)N2C. The van der Waals surface area contributed by atoms with Gasteiger partial charge in [0.05, 0.1) is 29.0 Å². The van der Waals surface area contributed by atoms with E-state index in [-0.39, 0.29) is 46.4 Å². The quantitative estimate of drug-likeness (QED) is 0.539. The third-order valence-electron chi connectivity index (χ3n) is 7.23. The van der Waals surface area contributed by atoms with Crippen LogP contribution in [0.5, 0.6) is 5.75 Å². The van der Waals surface area contributed by atoms with Crippen molar-refractivity contribution in [3.05, 3.63) is 40.9 Å². The molecule has 2 aromatic heterocycles. The molecule has 36 heavy (non-hydrogen) atoms. The van der Waals surface area contributed by atoms with Gasteiger partial charge in [-0.3, -0.25) is 14.3 Å². The summed E-state index contributed by atoms with van der Waals surface area (Å²) in [5, 5.41) is 18.7. The van der Waals surface area contributed by atoms with E-state index in [4.69, 9.17) is 0 Å². The van der Waals surface area contributed by atoms with Gasteiger partial charge >= 0.3 is 6.18 Å². The number of anilines is 1. The number of nitrogens with zero attached hydrogens (tertiary/aromatic N) is 6. The molecule has 0 amide bonds. The van der Waals surface area contributed by atoms with Crippen molar-refractivity contribution in [3.63, 3.8) is 0 Å². The lowest BCUT2D eigenvalue weighted by molar-refractivity contribution is -0.141. The third kappa shape index (κ3) is 4.25. The maximum atomic E-state index is 14.3. The normalized spacial score (nSPS) is 23.8. The van der Waals surface area contributed by atoms with E-state index in [0.717, 1.165) is 12.4 Å². The number of phenolic OH excluding ortho intramolecular Hbond substituents is 1. The molecule has 0 saturated carbocycles. The van der Waals surface area contributed by atoms with Gasteiger partial charge in [-0.1, -0.05) is 0 Å². The maximum Gasteiger partial charge on any atom is 0.406 e. The Bertz CT molecular complexity index is 1360. The van der Waals surface area contributed by atoms with E-state index < -0.39 is 30.2 Å². The Labute approximate surface area is 202 Å². The van der Waals surface area contributed by atoms with Crippen molar-refractivity contribution in [1.82, 2.24) is 24.6 Å². The molecular formula is C23H23F5N6O2. The molecule has 5 rings (SSSR count). The van der Waals surface area contributed by atoms with Crippen molar-refractivity contribution in [1.29, 1.82) is 0 Å². The second kappa shape index (κ2) is 8.36. The zero-order valence-electron chi connectivity index (χ0n) is 19.4. The zero-order chi connectivity index (χ0) is 26.0. The molecule has 13 heteroatoms. The van der Waals surface area contributed by atoms with Crippen LogP contribution < -0.4 is 10.5 Å². The largest absolute Gasteiger partial charge is 0.507 e. The van der Waals surface area contributed by atoms with Crippen LogP contribution in [0.25, 0.3) is 22.2 Å². The van der Waals surface area contributed by atoms with E-state index in [1.54, 1.807) is 31.1 Å². The van der Waals surface area contributed by atoms with Crippen molar-refractivity contribution >= 4 is 16.7 Å². The van der Waals surface area contributed by atoms with Crippen LogP contribution in [0.4, 0.5) is 27.8 Å². The molecule has 3 atom stereocenters. The number of benzene rings is 1. The van der Waals surface area contributed by atoms with Gasteiger partial charge in [0.25, 0.3) is 11.5 Å². The van der Waals surface area contributed by atoms with Crippen LogP contribution >= 0.6 is 0 Å². The molecule has 0 spiro atoms. The Balaban J connectivity index is 1.39. The maximum absolute atomic E-state index is 14.3. The minimum absolute atomic E-state index is 0.0944. The topological polar surface area (TPSA) is 87.4 Å². The molecule has 8 nitrogen and oxygen atoms in total. The van der Waals surface area contributed by atoms with Gasteiger partial charge in [-0.15, -0.1) is 10.2 Å². The van der Waals surface area contributed by atoms with Gasteiger partial charge in [-0.25, -0.2) is 13.8 Å². The summed E-state index contributed by atoms with van der Waals surface area (Å²) >= 11 is 0. The Morgan fingerprint density at radius 3 is 2.58 bits per heavy atom. The molecule has 2 saturated heterocycles. The smallest absolute Gasteiger partial charge is 0.406 e. The van der Waals surface area contributed by atoms with Crippen LogP contribution in [-0.2, 0) is 6.54 Å². The first-order chi connectivity index (χ1) is 16.8. The summed E-state index contributed by atoms with van der Waals surface area (Å²) in [6.07, 6.45) is -3.07. The van der Waals surface area contributed by atoms with Gasteiger partial charge in [-0.05, 0) is 44.2 Å². The van der Waals surface area contributed by atoms with E-state index >= 15 is 0 Å². The molecule has 1 aromatic carbocycles. The second-order valence-electron chi connectivity index (χ2n) is 9.49. The highest BCUT2D eigenvalue weighted by atomic mass is 19.4. The summed E-state index contributed by atoms with van der Waals surface area (Å²) in [5.74, 6) is -2.61. The van der Waals surface area contributed by atoms with Crippen molar-refractivity contribution in [2.24, 2.45) is 0 Å². The number of phenols is 1. The van der Waals surface area contributed by atoms with E-state index in [2.05, 4.69) is 15.2 Å². The molecule has 2 aliphatic rings. The molecule has 192 valence electrons. The first kappa shape index (κ1) is 24.3. The number of alkyl halides is 5. The summed E-state index contributed by atoms with van der Waals surface area (Å²) in [5.41, 5.74) is -0.388. The van der Waals surface area contributed by atoms with E-state index in [9.17, 15) is 31.9 Å². The Morgan fingerprint density at radius 2 is 1.94 bits per heavy atom. The number of fused-ring (bicyclic) bond motifs is 3. The van der Waals surface area contributed by atoms with E-state index in [0.29, 0.717) is 23.2 Å². The summed E-state index contributed by atoms with van der Waals surface area (Å²) in [4.78, 5) is 19.9. The van der Waals surface area contributed by atoms with Crippen LogP contribution in [0.15, 0.2) is 35.4 Å². The van der Waals surface area contributed by atoms with Gasteiger partial charge in [0.1, 0.15) is 12.3 Å². The van der Waals surface area contributed by atoms with Gasteiger partial charge in [0, 0.05) is 31.1 Å². The molecule has 0 unspecified atom stereocenters. The number of rotatable bonds is 4. The van der Waals surface area contributed by atoms with Gasteiger partial charge in [0.2, 0.25) is 0 Å². The number of aromatic nitrogens is 4.